The van der Waals surface area contributed by atoms with Crippen LogP contribution in [-0.4, -0.2) is 35.7 Å². The number of fused-ring (bicyclic) bond motifs is 3. The summed E-state index contributed by atoms with van der Waals surface area (Å²) in [5, 5.41) is 13.6. The van der Waals surface area contributed by atoms with E-state index >= 15 is 0 Å². The number of carboxylic acid groups (broad SMARTS) is 1. The highest BCUT2D eigenvalue weighted by Gasteiger charge is 2.30. The minimum absolute atomic E-state index is 0.0373. The largest absolute Gasteiger partial charge is 0.481 e. The number of nitrogens with one attached hydrogen (secondary N) is 2. The van der Waals surface area contributed by atoms with Gasteiger partial charge >= 0.3 is 12.1 Å². The van der Waals surface area contributed by atoms with Gasteiger partial charge in [-0.15, -0.1) is 0 Å². The third-order valence-corrected chi connectivity index (χ3v) is 6.34. The minimum atomic E-state index is -1.54. The van der Waals surface area contributed by atoms with Crippen molar-refractivity contribution in [2.24, 2.45) is 0 Å². The van der Waals surface area contributed by atoms with Crippen LogP contribution >= 0.6 is 15.9 Å². The van der Waals surface area contributed by atoms with Crippen molar-refractivity contribution in [1.82, 2.24) is 5.32 Å². The summed E-state index contributed by atoms with van der Waals surface area (Å²) in [4.78, 5) is 36.3. The molecule has 0 bridgehead atoms. The van der Waals surface area contributed by atoms with Gasteiger partial charge in [0.15, 0.2) is 0 Å². The second-order valence-electron chi connectivity index (χ2n) is 7.86. The van der Waals surface area contributed by atoms with Crippen LogP contribution in [0.5, 0.6) is 0 Å². The number of amides is 2. The molecule has 4 rings (SSSR count). The topological polar surface area (TPSA) is 105 Å². The predicted molar refractivity (Wildman–Crippen MR) is 127 cm³/mol. The highest BCUT2D eigenvalue weighted by atomic mass is 79.9. The van der Waals surface area contributed by atoms with E-state index in [1.54, 1.807) is 0 Å². The van der Waals surface area contributed by atoms with Crippen molar-refractivity contribution in [3.8, 4) is 11.1 Å². The summed E-state index contributed by atoms with van der Waals surface area (Å²) in [5.41, 5.74) is 3.81. The smallest absolute Gasteiger partial charge is 0.407 e. The Labute approximate surface area is 207 Å². The first-order valence-corrected chi connectivity index (χ1v) is 11.3. The first kappa shape index (κ1) is 24.3. The molecule has 0 radical (unpaired) electrons. The Morgan fingerprint density at radius 1 is 0.971 bits per heavy atom. The summed E-state index contributed by atoms with van der Waals surface area (Å²) in [5.74, 6) is -4.48. The van der Waals surface area contributed by atoms with Gasteiger partial charge in [0.25, 0.3) is 0 Å². The van der Waals surface area contributed by atoms with Crippen LogP contribution in [0.3, 0.4) is 0 Å². The molecule has 0 heterocycles. The van der Waals surface area contributed by atoms with Crippen LogP contribution in [-0.2, 0) is 14.3 Å². The lowest BCUT2D eigenvalue weighted by atomic mass is 9.98. The van der Waals surface area contributed by atoms with Crippen LogP contribution in [0.15, 0.2) is 65.1 Å². The van der Waals surface area contributed by atoms with Crippen molar-refractivity contribution < 1.29 is 33.0 Å². The molecule has 10 heteroatoms. The molecule has 7 nitrogen and oxygen atoms in total. The van der Waals surface area contributed by atoms with Crippen LogP contribution < -0.4 is 10.6 Å². The molecular weight excluding hydrogens is 526 g/mol. The van der Waals surface area contributed by atoms with Gasteiger partial charge in [0.05, 0.1) is 10.9 Å². The van der Waals surface area contributed by atoms with Gasteiger partial charge in [-0.3, -0.25) is 9.59 Å². The Hall–Kier alpha value is -3.79. The van der Waals surface area contributed by atoms with Gasteiger partial charge in [-0.1, -0.05) is 48.5 Å². The fraction of sp³-hybridized carbons (Fsp3) is 0.160. The van der Waals surface area contributed by atoms with Gasteiger partial charge in [-0.05, 0) is 50.3 Å². The summed E-state index contributed by atoms with van der Waals surface area (Å²) in [6, 6.07) is 15.6. The fourth-order valence-corrected chi connectivity index (χ4v) is 4.25. The zero-order valence-corrected chi connectivity index (χ0v) is 19.6. The number of halogens is 3. The van der Waals surface area contributed by atoms with Crippen LogP contribution in [0.4, 0.5) is 19.3 Å². The van der Waals surface area contributed by atoms with Crippen molar-refractivity contribution in [2.45, 2.75) is 18.4 Å². The lowest BCUT2D eigenvalue weighted by molar-refractivity contribution is -0.139. The third-order valence-electron chi connectivity index (χ3n) is 5.58. The first-order chi connectivity index (χ1) is 16.7. The molecule has 1 atom stereocenters. The molecule has 3 N–H and O–H groups in total. The van der Waals surface area contributed by atoms with Gasteiger partial charge in [-0.2, -0.15) is 0 Å². The SMILES string of the molecule is O=C(O)CC(NC(=O)OCC1c2ccccc2-c2ccccc21)C(=O)Nc1cc(F)c(Br)c(F)c1. The van der Waals surface area contributed by atoms with Crippen molar-refractivity contribution in [3.63, 3.8) is 0 Å². The molecule has 0 aromatic heterocycles. The number of carboxylic acids is 1. The Kier molecular flexibility index (Phi) is 7.11. The fourth-order valence-electron chi connectivity index (χ4n) is 4.02. The lowest BCUT2D eigenvalue weighted by Gasteiger charge is -2.19. The molecule has 0 fully saturated rings. The van der Waals surface area contributed by atoms with Gasteiger partial charge in [0.2, 0.25) is 5.91 Å². The normalized spacial score (nSPS) is 12.9. The van der Waals surface area contributed by atoms with E-state index < -0.39 is 46.5 Å². The van der Waals surface area contributed by atoms with Crippen LogP contribution in [0.1, 0.15) is 23.5 Å². The van der Waals surface area contributed by atoms with E-state index in [2.05, 4.69) is 26.6 Å². The number of carbonyl (C=O) groups excluding carboxylic acids is 2. The Balaban J connectivity index is 1.44. The minimum Gasteiger partial charge on any atom is -0.481 e. The summed E-state index contributed by atoms with van der Waals surface area (Å²) < 4.78 is 32.4. The number of hydrogen-bond donors (Lipinski definition) is 3. The molecular formula is C25H19BrF2N2O5. The average molecular weight is 545 g/mol. The molecule has 1 unspecified atom stereocenters. The quantitative estimate of drug-likeness (QED) is 0.361. The molecule has 0 saturated carbocycles. The predicted octanol–water partition coefficient (Wildman–Crippen LogP) is 5.05. The maximum absolute atomic E-state index is 13.7. The zero-order chi connectivity index (χ0) is 25.1. The summed E-state index contributed by atoms with van der Waals surface area (Å²) in [6.07, 6.45) is -1.77. The molecule has 0 spiro atoms. The van der Waals surface area contributed by atoms with E-state index in [9.17, 15) is 23.2 Å². The Bertz CT molecular complexity index is 1250. The van der Waals surface area contributed by atoms with Crippen molar-refractivity contribution >= 4 is 39.6 Å². The monoisotopic (exact) mass is 544 g/mol. The van der Waals surface area contributed by atoms with E-state index in [0.29, 0.717) is 0 Å². The van der Waals surface area contributed by atoms with E-state index in [4.69, 9.17) is 9.84 Å². The van der Waals surface area contributed by atoms with Gasteiger partial charge in [0.1, 0.15) is 24.3 Å². The second kappa shape index (κ2) is 10.2. The molecule has 0 saturated heterocycles. The highest BCUT2D eigenvalue weighted by Crippen LogP contribution is 2.44. The number of rotatable bonds is 7. The maximum Gasteiger partial charge on any atom is 0.407 e. The number of benzene rings is 3. The summed E-state index contributed by atoms with van der Waals surface area (Å²) in [6.45, 7) is -0.0373. The lowest BCUT2D eigenvalue weighted by Crippen LogP contribution is -2.45. The first-order valence-electron chi connectivity index (χ1n) is 10.5. The van der Waals surface area contributed by atoms with Crippen molar-refractivity contribution in [1.29, 1.82) is 0 Å². The van der Waals surface area contributed by atoms with E-state index in [1.807, 2.05) is 48.5 Å². The number of hydrogen-bond acceptors (Lipinski definition) is 4. The standard InChI is InChI=1S/C25H19BrF2N2O5/c26-23-19(27)9-13(10-20(23)28)29-24(33)21(11-22(31)32)30-25(34)35-12-18-16-7-3-1-5-14(16)15-6-2-4-8-17(15)18/h1-10,18,21H,11-12H2,(H,29,33)(H,30,34)(H,31,32). The van der Waals surface area contributed by atoms with Crippen molar-refractivity contribution in [3.05, 3.63) is 87.9 Å². The van der Waals surface area contributed by atoms with Crippen LogP contribution in [0.2, 0.25) is 0 Å². The van der Waals surface area contributed by atoms with Gasteiger partial charge in [-0.25, -0.2) is 13.6 Å². The molecule has 1 aliphatic carbocycles. The summed E-state index contributed by atoms with van der Waals surface area (Å²) >= 11 is 2.73. The van der Waals surface area contributed by atoms with Crippen molar-refractivity contribution in [2.75, 3.05) is 11.9 Å². The molecule has 3 aromatic rings. The van der Waals surface area contributed by atoms with Gasteiger partial charge in [0, 0.05) is 11.6 Å². The molecule has 180 valence electrons. The van der Waals surface area contributed by atoms with E-state index in [-0.39, 0.29) is 18.2 Å². The number of anilines is 1. The third kappa shape index (κ3) is 5.32. The van der Waals surface area contributed by atoms with E-state index in [0.717, 1.165) is 34.4 Å². The molecule has 1 aliphatic rings. The molecule has 35 heavy (non-hydrogen) atoms. The molecule has 3 aromatic carbocycles. The number of carbonyl (C=O) groups is 3. The average Bonchev–Trinajstić information content (AvgIpc) is 3.14. The van der Waals surface area contributed by atoms with Gasteiger partial charge < -0.3 is 20.5 Å². The second-order valence-corrected chi connectivity index (χ2v) is 8.66. The zero-order valence-electron chi connectivity index (χ0n) is 18.1. The number of alkyl carbamates (subject to hydrolysis) is 1. The highest BCUT2D eigenvalue weighted by molar-refractivity contribution is 9.10. The number of aliphatic carboxylic acids is 1. The van der Waals surface area contributed by atoms with E-state index in [1.165, 1.54) is 0 Å². The van der Waals surface area contributed by atoms with Crippen LogP contribution in [0, 0.1) is 11.6 Å². The maximum atomic E-state index is 13.7. The molecule has 0 aliphatic heterocycles. The summed E-state index contributed by atoms with van der Waals surface area (Å²) in [7, 11) is 0. The Morgan fingerprint density at radius 3 is 2.06 bits per heavy atom. The number of ether oxygens (including phenoxy) is 1. The Morgan fingerprint density at radius 2 is 1.51 bits per heavy atom. The molecule has 2 amide bonds. The van der Waals surface area contributed by atoms with Crippen LogP contribution in [0.25, 0.3) is 11.1 Å².